The fourth-order valence-corrected chi connectivity index (χ4v) is 4.42. The quantitative estimate of drug-likeness (QED) is 0.782. The van der Waals surface area contributed by atoms with Gasteiger partial charge in [-0.3, -0.25) is 0 Å². The van der Waals surface area contributed by atoms with Gasteiger partial charge in [0.1, 0.15) is 17.0 Å². The number of nitrogens with zero attached hydrogens (tertiary/aromatic N) is 2. The SMILES string of the molecule is CC1(C)Cc2c(sc3ncnc(N)c23)CS1. The van der Waals surface area contributed by atoms with Gasteiger partial charge < -0.3 is 5.73 Å². The zero-order valence-corrected chi connectivity index (χ0v) is 10.9. The molecule has 0 saturated carbocycles. The van der Waals surface area contributed by atoms with Crippen molar-refractivity contribution < 1.29 is 0 Å². The molecule has 0 bridgehead atoms. The molecular weight excluding hydrogens is 238 g/mol. The van der Waals surface area contributed by atoms with Crippen molar-refractivity contribution in [2.75, 3.05) is 5.73 Å². The molecule has 16 heavy (non-hydrogen) atoms. The maximum absolute atomic E-state index is 5.96. The van der Waals surface area contributed by atoms with E-state index in [1.807, 2.05) is 11.8 Å². The molecular formula is C11H13N3S2. The van der Waals surface area contributed by atoms with Crippen molar-refractivity contribution >= 4 is 39.1 Å². The van der Waals surface area contributed by atoms with Crippen LogP contribution in [0.1, 0.15) is 24.3 Å². The lowest BCUT2D eigenvalue weighted by Gasteiger charge is -2.28. The van der Waals surface area contributed by atoms with Gasteiger partial charge in [-0.2, -0.15) is 0 Å². The molecule has 1 aliphatic rings. The molecule has 0 aromatic carbocycles. The lowest BCUT2D eigenvalue weighted by molar-refractivity contribution is 0.700. The number of rotatable bonds is 0. The summed E-state index contributed by atoms with van der Waals surface area (Å²) < 4.78 is 0.295. The van der Waals surface area contributed by atoms with Gasteiger partial charge in [0.25, 0.3) is 0 Å². The first kappa shape index (κ1) is 10.4. The van der Waals surface area contributed by atoms with Gasteiger partial charge in [-0.15, -0.1) is 23.1 Å². The van der Waals surface area contributed by atoms with Crippen LogP contribution in [0.5, 0.6) is 0 Å². The molecule has 0 saturated heterocycles. The predicted octanol–water partition coefficient (Wildman–Crippen LogP) is 2.84. The Kier molecular flexibility index (Phi) is 2.16. The number of thioether (sulfide) groups is 1. The maximum atomic E-state index is 5.96. The fraction of sp³-hybridized carbons (Fsp3) is 0.455. The van der Waals surface area contributed by atoms with E-state index in [0.29, 0.717) is 10.6 Å². The number of thiophene rings is 1. The van der Waals surface area contributed by atoms with Crippen molar-refractivity contribution in [2.45, 2.75) is 30.8 Å². The highest BCUT2D eigenvalue weighted by Crippen LogP contribution is 2.45. The summed E-state index contributed by atoms with van der Waals surface area (Å²) in [5.41, 5.74) is 7.34. The highest BCUT2D eigenvalue weighted by molar-refractivity contribution is 8.00. The van der Waals surface area contributed by atoms with Crippen LogP contribution in [0.3, 0.4) is 0 Å². The monoisotopic (exact) mass is 251 g/mol. The van der Waals surface area contributed by atoms with Crippen LogP contribution in [0.15, 0.2) is 6.33 Å². The van der Waals surface area contributed by atoms with Crippen molar-refractivity contribution in [1.82, 2.24) is 9.97 Å². The van der Waals surface area contributed by atoms with Crippen molar-refractivity contribution in [3.05, 3.63) is 16.8 Å². The summed E-state index contributed by atoms with van der Waals surface area (Å²) in [5, 5.41) is 1.09. The normalized spacial score (nSPS) is 18.6. The Morgan fingerprint density at radius 3 is 3.00 bits per heavy atom. The van der Waals surface area contributed by atoms with Gasteiger partial charge in [0.15, 0.2) is 0 Å². The molecule has 84 valence electrons. The highest BCUT2D eigenvalue weighted by atomic mass is 32.2. The third kappa shape index (κ3) is 1.50. The van der Waals surface area contributed by atoms with Gasteiger partial charge in [-0.05, 0) is 12.0 Å². The molecule has 3 rings (SSSR count). The van der Waals surface area contributed by atoms with Crippen LogP contribution >= 0.6 is 23.1 Å². The molecule has 3 nitrogen and oxygen atoms in total. The molecule has 3 heterocycles. The first-order valence-corrected chi connectivity index (χ1v) is 7.02. The van der Waals surface area contributed by atoms with Gasteiger partial charge in [0.2, 0.25) is 0 Å². The van der Waals surface area contributed by atoms with Crippen molar-refractivity contribution in [2.24, 2.45) is 0 Å². The Hall–Kier alpha value is -0.810. The third-order valence-corrected chi connectivity index (χ3v) is 5.58. The maximum Gasteiger partial charge on any atom is 0.135 e. The summed E-state index contributed by atoms with van der Waals surface area (Å²) in [7, 11) is 0. The van der Waals surface area contributed by atoms with Crippen LogP contribution in [0.4, 0.5) is 5.82 Å². The second-order valence-corrected chi connectivity index (χ2v) is 7.43. The van der Waals surface area contributed by atoms with Gasteiger partial charge in [-0.25, -0.2) is 9.97 Å². The van der Waals surface area contributed by atoms with Crippen LogP contribution < -0.4 is 5.73 Å². The molecule has 0 unspecified atom stereocenters. The van der Waals surface area contributed by atoms with Crippen LogP contribution in [0.25, 0.3) is 10.2 Å². The molecule has 0 fully saturated rings. The molecule has 2 aromatic heterocycles. The minimum Gasteiger partial charge on any atom is -0.383 e. The fourth-order valence-electron chi connectivity index (χ4n) is 2.10. The molecule has 2 N–H and O–H groups in total. The average molecular weight is 251 g/mol. The van der Waals surface area contributed by atoms with E-state index in [1.165, 1.54) is 10.4 Å². The van der Waals surface area contributed by atoms with E-state index in [2.05, 4.69) is 23.8 Å². The van der Waals surface area contributed by atoms with Gasteiger partial charge in [0, 0.05) is 15.4 Å². The number of nitrogen functional groups attached to an aromatic ring is 1. The number of aromatic nitrogens is 2. The smallest absolute Gasteiger partial charge is 0.135 e. The van der Waals surface area contributed by atoms with Gasteiger partial charge in [0.05, 0.1) is 5.39 Å². The Labute approximate surface area is 102 Å². The third-order valence-electron chi connectivity index (χ3n) is 2.90. The van der Waals surface area contributed by atoms with Crippen LogP contribution in [-0.2, 0) is 12.2 Å². The lowest BCUT2D eigenvalue weighted by atomic mass is 9.99. The minimum absolute atomic E-state index is 0.295. The van der Waals surface area contributed by atoms with E-state index in [-0.39, 0.29) is 0 Å². The zero-order valence-electron chi connectivity index (χ0n) is 9.28. The summed E-state index contributed by atoms with van der Waals surface area (Å²) in [6, 6.07) is 0. The summed E-state index contributed by atoms with van der Waals surface area (Å²) >= 11 is 3.77. The number of hydrogen-bond donors (Lipinski definition) is 1. The number of fused-ring (bicyclic) bond motifs is 3. The minimum atomic E-state index is 0.295. The van der Waals surface area contributed by atoms with E-state index < -0.39 is 0 Å². The standard InChI is InChI=1S/C11H13N3S2/c1-11(2)3-6-7(4-15-11)16-10-8(6)9(12)13-5-14-10/h5H,3-4H2,1-2H3,(H2,12,13,14). The molecule has 0 spiro atoms. The summed E-state index contributed by atoms with van der Waals surface area (Å²) in [6.45, 7) is 4.56. The van der Waals surface area contributed by atoms with E-state index in [1.54, 1.807) is 17.7 Å². The molecule has 0 radical (unpaired) electrons. The number of anilines is 1. The lowest BCUT2D eigenvalue weighted by Crippen LogP contribution is -2.22. The molecule has 5 heteroatoms. The Morgan fingerprint density at radius 1 is 1.38 bits per heavy atom. The highest BCUT2D eigenvalue weighted by Gasteiger charge is 2.29. The largest absolute Gasteiger partial charge is 0.383 e. The van der Waals surface area contributed by atoms with Crippen LogP contribution in [0, 0.1) is 0 Å². The van der Waals surface area contributed by atoms with E-state index in [9.17, 15) is 0 Å². The van der Waals surface area contributed by atoms with E-state index in [4.69, 9.17) is 5.73 Å². The average Bonchev–Trinajstić information content (AvgIpc) is 2.55. The zero-order chi connectivity index (χ0) is 11.3. The second kappa shape index (κ2) is 3.34. The Balaban J connectivity index is 2.28. The Bertz CT molecular complexity index is 560. The summed E-state index contributed by atoms with van der Waals surface area (Å²) in [5.74, 6) is 1.70. The van der Waals surface area contributed by atoms with Crippen molar-refractivity contribution in [1.29, 1.82) is 0 Å². The number of nitrogens with two attached hydrogens (primary N) is 1. The van der Waals surface area contributed by atoms with Gasteiger partial charge >= 0.3 is 0 Å². The van der Waals surface area contributed by atoms with Gasteiger partial charge in [-0.1, -0.05) is 13.8 Å². The van der Waals surface area contributed by atoms with E-state index in [0.717, 1.165) is 22.4 Å². The Morgan fingerprint density at radius 2 is 2.19 bits per heavy atom. The topological polar surface area (TPSA) is 51.8 Å². The van der Waals surface area contributed by atoms with E-state index >= 15 is 0 Å². The predicted molar refractivity (Wildman–Crippen MR) is 70.9 cm³/mol. The van der Waals surface area contributed by atoms with Crippen molar-refractivity contribution in [3.8, 4) is 0 Å². The first-order valence-electron chi connectivity index (χ1n) is 5.21. The van der Waals surface area contributed by atoms with Crippen molar-refractivity contribution in [3.63, 3.8) is 0 Å². The summed E-state index contributed by atoms with van der Waals surface area (Å²) in [6.07, 6.45) is 2.61. The molecule has 2 aromatic rings. The molecule has 1 aliphatic heterocycles. The summed E-state index contributed by atoms with van der Waals surface area (Å²) in [4.78, 5) is 10.9. The molecule has 0 amide bonds. The number of hydrogen-bond acceptors (Lipinski definition) is 5. The van der Waals surface area contributed by atoms with Crippen LogP contribution in [-0.4, -0.2) is 14.7 Å². The van der Waals surface area contributed by atoms with Crippen LogP contribution in [0.2, 0.25) is 0 Å². The second-order valence-electron chi connectivity index (χ2n) is 4.67. The molecule has 0 aliphatic carbocycles. The molecule has 0 atom stereocenters. The first-order chi connectivity index (χ1) is 7.57.